The average molecular weight is 324 g/mol. The first-order chi connectivity index (χ1) is 11.4. The highest BCUT2D eigenvalue weighted by atomic mass is 16.6. The van der Waals surface area contributed by atoms with Gasteiger partial charge in [-0.3, -0.25) is 14.9 Å². The summed E-state index contributed by atoms with van der Waals surface area (Å²) < 4.78 is 3.08. The molecular weight excluding hydrogens is 312 g/mol. The number of nitro groups is 1. The summed E-state index contributed by atoms with van der Waals surface area (Å²) in [6.07, 6.45) is 3.54. The fraction of sp³-hybridized carbons (Fsp3) is 0.133. The van der Waals surface area contributed by atoms with Crippen LogP contribution in [0.2, 0.25) is 0 Å². The van der Waals surface area contributed by atoms with E-state index in [9.17, 15) is 14.9 Å². The molecule has 0 radical (unpaired) electrons. The molecule has 0 atom stereocenters. The molecule has 0 saturated carbocycles. The van der Waals surface area contributed by atoms with Crippen molar-refractivity contribution in [3.8, 4) is 5.69 Å². The Kier molecular flexibility index (Phi) is 2.80. The number of nitro benzene ring substituents is 1. The van der Waals surface area contributed by atoms with Gasteiger partial charge in [-0.1, -0.05) is 0 Å². The number of aromatic nitrogens is 5. The van der Waals surface area contributed by atoms with Gasteiger partial charge >= 0.3 is 0 Å². The van der Waals surface area contributed by atoms with Crippen LogP contribution in [0.15, 0.2) is 35.4 Å². The summed E-state index contributed by atoms with van der Waals surface area (Å²) in [5.41, 5.74) is 1.85. The van der Waals surface area contributed by atoms with Crippen molar-refractivity contribution in [1.29, 1.82) is 0 Å². The van der Waals surface area contributed by atoms with Gasteiger partial charge in [-0.2, -0.15) is 5.10 Å². The summed E-state index contributed by atoms with van der Waals surface area (Å²) in [4.78, 5) is 29.8. The Morgan fingerprint density at radius 1 is 1.29 bits per heavy atom. The molecule has 4 rings (SSSR count). The lowest BCUT2D eigenvalue weighted by Gasteiger charge is -2.07. The molecule has 1 N–H and O–H groups in total. The number of nitrogens with zero attached hydrogens (tertiary/aromatic N) is 5. The summed E-state index contributed by atoms with van der Waals surface area (Å²) in [5, 5.41) is 15.7. The molecule has 0 amide bonds. The van der Waals surface area contributed by atoms with Crippen molar-refractivity contribution >= 4 is 22.4 Å². The molecule has 3 aromatic heterocycles. The number of fused-ring (bicyclic) bond motifs is 3. The van der Waals surface area contributed by atoms with Crippen molar-refractivity contribution in [3.63, 3.8) is 0 Å². The standard InChI is InChI=1S/C15H12N6O3/c1-8-3-4-19(7-8)12-6-11-10(5-13(12)21(23)24)17-15(22)14-16-9(2)18-20(11)14/h3-7H,1-2H3,(H,17,22). The Morgan fingerprint density at radius 3 is 2.75 bits per heavy atom. The smallest absolute Gasteiger partial charge is 0.295 e. The van der Waals surface area contributed by atoms with Crippen LogP contribution in [0.3, 0.4) is 0 Å². The van der Waals surface area contributed by atoms with Crippen LogP contribution < -0.4 is 5.56 Å². The molecule has 0 aliphatic carbocycles. The van der Waals surface area contributed by atoms with Crippen molar-refractivity contribution in [2.45, 2.75) is 13.8 Å². The maximum atomic E-state index is 12.1. The summed E-state index contributed by atoms with van der Waals surface area (Å²) in [6.45, 7) is 3.58. The van der Waals surface area contributed by atoms with E-state index in [4.69, 9.17) is 0 Å². The van der Waals surface area contributed by atoms with Crippen LogP contribution in [0.1, 0.15) is 11.4 Å². The van der Waals surface area contributed by atoms with Crippen LogP contribution >= 0.6 is 0 Å². The van der Waals surface area contributed by atoms with Gasteiger partial charge in [0.15, 0.2) is 0 Å². The van der Waals surface area contributed by atoms with Crippen molar-refractivity contribution in [2.24, 2.45) is 0 Å². The van der Waals surface area contributed by atoms with Crippen LogP contribution in [0, 0.1) is 24.0 Å². The van der Waals surface area contributed by atoms with Crippen molar-refractivity contribution in [2.75, 3.05) is 0 Å². The van der Waals surface area contributed by atoms with Crippen LogP contribution in [-0.2, 0) is 0 Å². The number of aromatic amines is 1. The number of benzene rings is 1. The van der Waals surface area contributed by atoms with E-state index in [-0.39, 0.29) is 11.3 Å². The van der Waals surface area contributed by atoms with Crippen molar-refractivity contribution < 1.29 is 4.92 Å². The Morgan fingerprint density at radius 2 is 2.08 bits per heavy atom. The van der Waals surface area contributed by atoms with Crippen molar-refractivity contribution in [1.82, 2.24) is 24.1 Å². The number of H-pyrrole nitrogens is 1. The normalized spacial score (nSPS) is 11.4. The lowest BCUT2D eigenvalue weighted by Crippen LogP contribution is -2.12. The molecule has 0 unspecified atom stereocenters. The Bertz CT molecular complexity index is 1180. The molecule has 0 fully saturated rings. The molecule has 3 heterocycles. The summed E-state index contributed by atoms with van der Waals surface area (Å²) in [7, 11) is 0. The van der Waals surface area contributed by atoms with Gasteiger partial charge in [0.1, 0.15) is 11.5 Å². The second-order valence-electron chi connectivity index (χ2n) is 5.56. The van der Waals surface area contributed by atoms with Crippen LogP contribution in [0.5, 0.6) is 0 Å². The minimum atomic E-state index is -0.473. The van der Waals surface area contributed by atoms with Crippen LogP contribution in [0.25, 0.3) is 22.4 Å². The fourth-order valence-electron chi connectivity index (χ4n) is 2.76. The highest BCUT2D eigenvalue weighted by Gasteiger charge is 2.20. The molecule has 0 bridgehead atoms. The number of aryl methyl sites for hydroxylation is 2. The minimum Gasteiger partial charge on any atom is -0.318 e. The topological polar surface area (TPSA) is 111 Å². The van der Waals surface area contributed by atoms with Gasteiger partial charge in [0, 0.05) is 18.5 Å². The van der Waals surface area contributed by atoms with E-state index in [1.807, 2.05) is 13.0 Å². The van der Waals surface area contributed by atoms with Gasteiger partial charge in [-0.05, 0) is 31.5 Å². The van der Waals surface area contributed by atoms with E-state index in [2.05, 4.69) is 15.1 Å². The molecule has 9 nitrogen and oxygen atoms in total. The second kappa shape index (κ2) is 4.75. The second-order valence-corrected chi connectivity index (χ2v) is 5.56. The molecular formula is C15H12N6O3. The van der Waals surface area contributed by atoms with Crippen LogP contribution in [0.4, 0.5) is 5.69 Å². The van der Waals surface area contributed by atoms with E-state index < -0.39 is 10.5 Å². The van der Waals surface area contributed by atoms with E-state index in [1.165, 1.54) is 10.6 Å². The van der Waals surface area contributed by atoms with E-state index in [1.54, 1.807) is 30.0 Å². The predicted octanol–water partition coefficient (Wildman–Crippen LogP) is 1.89. The zero-order valence-corrected chi connectivity index (χ0v) is 12.8. The lowest BCUT2D eigenvalue weighted by atomic mass is 10.2. The number of nitrogens with one attached hydrogen (secondary N) is 1. The molecule has 0 spiro atoms. The van der Waals surface area contributed by atoms with E-state index in [0.29, 0.717) is 22.5 Å². The van der Waals surface area contributed by atoms with Gasteiger partial charge in [0.2, 0.25) is 5.65 Å². The molecule has 0 aliphatic heterocycles. The summed E-state index contributed by atoms with van der Waals surface area (Å²) >= 11 is 0. The zero-order chi connectivity index (χ0) is 17.0. The van der Waals surface area contributed by atoms with Gasteiger partial charge in [0.25, 0.3) is 11.2 Å². The summed E-state index contributed by atoms with van der Waals surface area (Å²) in [6, 6.07) is 4.83. The monoisotopic (exact) mass is 324 g/mol. The minimum absolute atomic E-state index is 0.107. The highest BCUT2D eigenvalue weighted by Crippen LogP contribution is 2.28. The third-order valence-corrected chi connectivity index (χ3v) is 3.80. The van der Waals surface area contributed by atoms with Crippen LogP contribution in [-0.4, -0.2) is 29.1 Å². The molecule has 0 saturated heterocycles. The van der Waals surface area contributed by atoms with Gasteiger partial charge in [-0.25, -0.2) is 9.50 Å². The quantitative estimate of drug-likeness (QED) is 0.447. The molecule has 24 heavy (non-hydrogen) atoms. The Labute approximate surface area is 134 Å². The van der Waals surface area contributed by atoms with Gasteiger partial charge in [0.05, 0.1) is 16.0 Å². The first kappa shape index (κ1) is 14.1. The largest absolute Gasteiger partial charge is 0.318 e. The number of hydrogen-bond donors (Lipinski definition) is 1. The zero-order valence-electron chi connectivity index (χ0n) is 12.8. The molecule has 9 heteroatoms. The van der Waals surface area contributed by atoms with E-state index in [0.717, 1.165) is 5.56 Å². The first-order valence-electron chi connectivity index (χ1n) is 7.17. The average Bonchev–Trinajstić information content (AvgIpc) is 3.12. The maximum Gasteiger partial charge on any atom is 0.295 e. The molecule has 4 aromatic rings. The third kappa shape index (κ3) is 1.98. The molecule has 1 aromatic carbocycles. The van der Waals surface area contributed by atoms with Crippen molar-refractivity contribution in [3.05, 3.63) is 62.4 Å². The highest BCUT2D eigenvalue weighted by molar-refractivity contribution is 5.83. The van der Waals surface area contributed by atoms with Gasteiger partial charge < -0.3 is 9.55 Å². The first-order valence-corrected chi connectivity index (χ1v) is 7.17. The number of hydrogen-bond acceptors (Lipinski definition) is 5. The Hall–Kier alpha value is -3.49. The molecule has 0 aliphatic rings. The number of rotatable bonds is 2. The summed E-state index contributed by atoms with van der Waals surface area (Å²) in [5.74, 6) is 0.449. The predicted molar refractivity (Wildman–Crippen MR) is 86.6 cm³/mol. The van der Waals surface area contributed by atoms with E-state index >= 15 is 0 Å². The molecule has 120 valence electrons. The Balaban J connectivity index is 2.16. The van der Waals surface area contributed by atoms with Gasteiger partial charge in [-0.15, -0.1) is 0 Å². The third-order valence-electron chi connectivity index (χ3n) is 3.80. The lowest BCUT2D eigenvalue weighted by molar-refractivity contribution is -0.384. The SMILES string of the molecule is Cc1ccn(-c2cc3c(cc2[N+](=O)[O-])[nH]c(=O)c2nc(C)nn23)c1. The maximum absolute atomic E-state index is 12.1. The fourth-order valence-corrected chi connectivity index (χ4v) is 2.76.